The maximum absolute atomic E-state index is 11.6. The van der Waals surface area contributed by atoms with Gasteiger partial charge in [-0.3, -0.25) is 4.79 Å². The van der Waals surface area contributed by atoms with Crippen LogP contribution in [0.15, 0.2) is 12.1 Å². The lowest BCUT2D eigenvalue weighted by atomic mass is 10.2. The quantitative estimate of drug-likeness (QED) is 0.798. The molecule has 1 unspecified atom stereocenters. The molecule has 1 atom stereocenters. The van der Waals surface area contributed by atoms with Crippen molar-refractivity contribution in [2.45, 2.75) is 25.8 Å². The van der Waals surface area contributed by atoms with E-state index in [-0.39, 0.29) is 11.9 Å². The van der Waals surface area contributed by atoms with E-state index in [1.807, 2.05) is 0 Å². The zero-order chi connectivity index (χ0) is 13.5. The first-order valence-electron chi connectivity index (χ1n) is 5.86. The largest absolute Gasteiger partial charge is 0.355 e. The summed E-state index contributed by atoms with van der Waals surface area (Å²) in [5.74, 6) is 3.07. The molecule has 1 amide bonds. The molecule has 0 fully saturated rings. The van der Waals surface area contributed by atoms with Crippen LogP contribution in [0.5, 0.6) is 0 Å². The minimum atomic E-state index is -0.170. The summed E-state index contributed by atoms with van der Waals surface area (Å²) in [6, 6.07) is 3.29. The number of anilines is 1. The summed E-state index contributed by atoms with van der Waals surface area (Å²) in [4.78, 5) is 13.1. The predicted molar refractivity (Wildman–Crippen MR) is 71.2 cm³/mol. The standard InChI is InChI=1S/C13H18N4O/c1-5-7-10(6-2)14-12-9-8-11(15-16-12)13(18)17(3)4/h2,8-10H,5,7H2,1,3-4H3,(H,14,16). The second-order valence-corrected chi connectivity index (χ2v) is 4.16. The van der Waals surface area contributed by atoms with Crippen LogP contribution in [0.3, 0.4) is 0 Å². The van der Waals surface area contributed by atoms with E-state index in [4.69, 9.17) is 6.42 Å². The van der Waals surface area contributed by atoms with E-state index >= 15 is 0 Å². The van der Waals surface area contributed by atoms with Crippen LogP contribution in [0, 0.1) is 12.3 Å². The van der Waals surface area contributed by atoms with Gasteiger partial charge in [0.25, 0.3) is 5.91 Å². The Hall–Kier alpha value is -2.09. The minimum absolute atomic E-state index is 0.0558. The minimum Gasteiger partial charge on any atom is -0.355 e. The van der Waals surface area contributed by atoms with Crippen molar-refractivity contribution in [1.82, 2.24) is 15.1 Å². The first-order valence-corrected chi connectivity index (χ1v) is 5.86. The van der Waals surface area contributed by atoms with Gasteiger partial charge in [0.15, 0.2) is 5.69 Å². The van der Waals surface area contributed by atoms with Gasteiger partial charge < -0.3 is 10.2 Å². The van der Waals surface area contributed by atoms with E-state index < -0.39 is 0 Å². The average Bonchev–Trinajstić information content (AvgIpc) is 2.38. The second kappa shape index (κ2) is 6.60. The average molecular weight is 246 g/mol. The Morgan fingerprint density at radius 2 is 2.22 bits per heavy atom. The maximum Gasteiger partial charge on any atom is 0.273 e. The summed E-state index contributed by atoms with van der Waals surface area (Å²) in [5.41, 5.74) is 0.318. The fourth-order valence-corrected chi connectivity index (χ4v) is 1.42. The van der Waals surface area contributed by atoms with Crippen molar-refractivity contribution in [3.63, 3.8) is 0 Å². The van der Waals surface area contributed by atoms with Crippen LogP contribution in [0.25, 0.3) is 0 Å². The SMILES string of the molecule is C#CC(CCC)Nc1ccc(C(=O)N(C)C)nn1. The number of carbonyl (C=O) groups is 1. The molecule has 0 aromatic carbocycles. The number of hydrogen-bond donors (Lipinski definition) is 1. The lowest BCUT2D eigenvalue weighted by Gasteiger charge is -2.13. The molecule has 1 heterocycles. The van der Waals surface area contributed by atoms with Gasteiger partial charge in [0.1, 0.15) is 5.82 Å². The van der Waals surface area contributed by atoms with Gasteiger partial charge in [0, 0.05) is 14.1 Å². The zero-order valence-electron chi connectivity index (χ0n) is 11.0. The molecule has 96 valence electrons. The summed E-state index contributed by atoms with van der Waals surface area (Å²) in [5, 5.41) is 10.9. The van der Waals surface area contributed by atoms with Gasteiger partial charge in [-0.25, -0.2) is 0 Å². The molecule has 0 saturated heterocycles. The molecule has 0 aliphatic carbocycles. The third kappa shape index (κ3) is 3.74. The van der Waals surface area contributed by atoms with E-state index in [1.54, 1.807) is 26.2 Å². The van der Waals surface area contributed by atoms with Crippen LogP contribution < -0.4 is 5.32 Å². The van der Waals surface area contributed by atoms with Crippen LogP contribution >= 0.6 is 0 Å². The molecular weight excluding hydrogens is 228 g/mol. The Labute approximate surface area is 108 Å². The summed E-state index contributed by atoms with van der Waals surface area (Å²) >= 11 is 0. The first kappa shape index (κ1) is 14.0. The van der Waals surface area contributed by atoms with Crippen LogP contribution in [-0.4, -0.2) is 41.1 Å². The highest BCUT2D eigenvalue weighted by atomic mass is 16.2. The molecule has 0 spiro atoms. The van der Waals surface area contributed by atoms with Crippen molar-refractivity contribution >= 4 is 11.7 Å². The van der Waals surface area contributed by atoms with Crippen LogP contribution in [0.1, 0.15) is 30.3 Å². The van der Waals surface area contributed by atoms with Crippen molar-refractivity contribution < 1.29 is 4.79 Å². The highest BCUT2D eigenvalue weighted by Gasteiger charge is 2.11. The molecule has 5 heteroatoms. The van der Waals surface area contributed by atoms with E-state index in [0.29, 0.717) is 11.5 Å². The third-order valence-corrected chi connectivity index (χ3v) is 2.39. The van der Waals surface area contributed by atoms with Gasteiger partial charge in [-0.2, -0.15) is 0 Å². The van der Waals surface area contributed by atoms with Crippen LogP contribution in [0.2, 0.25) is 0 Å². The Bertz CT molecular complexity index is 433. The van der Waals surface area contributed by atoms with Gasteiger partial charge in [0.05, 0.1) is 6.04 Å². The first-order chi connectivity index (χ1) is 8.58. The normalized spacial score (nSPS) is 11.4. The van der Waals surface area contributed by atoms with E-state index in [9.17, 15) is 4.79 Å². The molecule has 1 aromatic rings. The number of carbonyl (C=O) groups excluding carboxylic acids is 1. The fraction of sp³-hybridized carbons (Fsp3) is 0.462. The summed E-state index contributed by atoms with van der Waals surface area (Å²) in [7, 11) is 3.34. The Morgan fingerprint density at radius 1 is 1.50 bits per heavy atom. The van der Waals surface area contributed by atoms with Gasteiger partial charge in [-0.15, -0.1) is 16.6 Å². The van der Waals surface area contributed by atoms with Crippen LogP contribution in [0.4, 0.5) is 5.82 Å². The van der Waals surface area contributed by atoms with Gasteiger partial charge >= 0.3 is 0 Å². The number of terminal acetylenes is 1. The Balaban J connectivity index is 2.71. The van der Waals surface area contributed by atoms with Crippen molar-refractivity contribution in [2.24, 2.45) is 0 Å². The molecule has 0 aliphatic heterocycles. The van der Waals surface area contributed by atoms with E-state index in [0.717, 1.165) is 12.8 Å². The van der Waals surface area contributed by atoms with Gasteiger partial charge in [0.2, 0.25) is 0 Å². The molecule has 5 nitrogen and oxygen atoms in total. The monoisotopic (exact) mass is 246 g/mol. The second-order valence-electron chi connectivity index (χ2n) is 4.16. The number of hydrogen-bond acceptors (Lipinski definition) is 4. The lowest BCUT2D eigenvalue weighted by Crippen LogP contribution is -2.23. The fourth-order valence-electron chi connectivity index (χ4n) is 1.42. The third-order valence-electron chi connectivity index (χ3n) is 2.39. The molecule has 0 saturated carbocycles. The number of rotatable bonds is 5. The number of amides is 1. The summed E-state index contributed by atoms with van der Waals surface area (Å²) in [6.07, 6.45) is 7.27. The lowest BCUT2D eigenvalue weighted by molar-refractivity contribution is 0.0821. The molecule has 0 radical (unpaired) electrons. The molecular formula is C13H18N4O. The zero-order valence-corrected chi connectivity index (χ0v) is 11.0. The maximum atomic E-state index is 11.6. The number of aromatic nitrogens is 2. The van der Waals surface area contributed by atoms with Crippen molar-refractivity contribution in [1.29, 1.82) is 0 Å². The number of nitrogens with one attached hydrogen (secondary N) is 1. The highest BCUT2D eigenvalue weighted by molar-refractivity contribution is 5.91. The van der Waals surface area contributed by atoms with Crippen molar-refractivity contribution in [3.8, 4) is 12.3 Å². The topological polar surface area (TPSA) is 58.1 Å². The summed E-state index contributed by atoms with van der Waals surface area (Å²) in [6.45, 7) is 2.07. The number of nitrogens with zero attached hydrogens (tertiary/aromatic N) is 3. The van der Waals surface area contributed by atoms with E-state index in [2.05, 4.69) is 28.4 Å². The van der Waals surface area contributed by atoms with E-state index in [1.165, 1.54) is 4.90 Å². The smallest absolute Gasteiger partial charge is 0.273 e. The molecule has 1 aromatic heterocycles. The Kier molecular flexibility index (Phi) is 5.12. The molecule has 0 bridgehead atoms. The molecule has 1 rings (SSSR count). The highest BCUT2D eigenvalue weighted by Crippen LogP contribution is 2.07. The summed E-state index contributed by atoms with van der Waals surface area (Å²) < 4.78 is 0. The van der Waals surface area contributed by atoms with Gasteiger partial charge in [-0.05, 0) is 18.6 Å². The van der Waals surface area contributed by atoms with Gasteiger partial charge in [-0.1, -0.05) is 19.3 Å². The molecule has 1 N–H and O–H groups in total. The van der Waals surface area contributed by atoms with Crippen LogP contribution in [-0.2, 0) is 0 Å². The predicted octanol–water partition coefficient (Wildman–Crippen LogP) is 1.39. The van der Waals surface area contributed by atoms with Crippen molar-refractivity contribution in [2.75, 3.05) is 19.4 Å². The Morgan fingerprint density at radius 3 is 2.67 bits per heavy atom. The molecule has 0 aliphatic rings. The van der Waals surface area contributed by atoms with Crippen molar-refractivity contribution in [3.05, 3.63) is 17.8 Å². The molecule has 18 heavy (non-hydrogen) atoms.